The van der Waals surface area contributed by atoms with Crippen LogP contribution in [-0.4, -0.2) is 23.5 Å². The molecule has 3 N–H and O–H groups in total. The second kappa shape index (κ2) is 9.41. The second-order valence-electron chi connectivity index (χ2n) is 6.48. The van der Waals surface area contributed by atoms with Crippen molar-refractivity contribution in [3.8, 4) is 11.5 Å². The van der Waals surface area contributed by atoms with E-state index in [1.54, 1.807) is 24.3 Å². The van der Waals surface area contributed by atoms with Crippen molar-refractivity contribution < 1.29 is 19.4 Å². The van der Waals surface area contributed by atoms with Crippen LogP contribution in [-0.2, 0) is 11.2 Å². The molecular formula is C23H22N2O4. The summed E-state index contributed by atoms with van der Waals surface area (Å²) >= 11 is 0. The van der Waals surface area contributed by atoms with Crippen LogP contribution in [0.5, 0.6) is 11.5 Å². The molecule has 0 fully saturated rings. The lowest BCUT2D eigenvalue weighted by atomic mass is 10.1. The van der Waals surface area contributed by atoms with Crippen LogP contribution in [0.4, 0.5) is 11.4 Å². The summed E-state index contributed by atoms with van der Waals surface area (Å²) in [7, 11) is 0. The summed E-state index contributed by atoms with van der Waals surface area (Å²) < 4.78 is 5.77. The maximum atomic E-state index is 12.5. The third kappa shape index (κ3) is 5.84. The van der Waals surface area contributed by atoms with Gasteiger partial charge in [0, 0.05) is 36.9 Å². The Labute approximate surface area is 169 Å². The highest BCUT2D eigenvalue weighted by Gasteiger charge is 2.13. The second-order valence-corrected chi connectivity index (χ2v) is 6.48. The molecule has 29 heavy (non-hydrogen) atoms. The van der Waals surface area contributed by atoms with Gasteiger partial charge in [0.2, 0.25) is 5.91 Å². The minimum Gasteiger partial charge on any atom is -0.507 e. The van der Waals surface area contributed by atoms with E-state index < -0.39 is 5.91 Å². The van der Waals surface area contributed by atoms with Gasteiger partial charge in [-0.1, -0.05) is 36.4 Å². The first kappa shape index (κ1) is 19.9. The molecule has 0 radical (unpaired) electrons. The minimum absolute atomic E-state index is 0.106. The topological polar surface area (TPSA) is 87.7 Å². The molecule has 0 aliphatic carbocycles. The molecule has 3 aromatic carbocycles. The van der Waals surface area contributed by atoms with Crippen molar-refractivity contribution in [3.05, 3.63) is 83.9 Å². The Balaban J connectivity index is 1.60. The molecular weight excluding hydrogens is 368 g/mol. The number of rotatable bonds is 7. The van der Waals surface area contributed by atoms with Gasteiger partial charge in [-0.3, -0.25) is 9.59 Å². The monoisotopic (exact) mass is 390 g/mol. The summed E-state index contributed by atoms with van der Waals surface area (Å²) in [5.41, 5.74) is 2.27. The number of hydrogen-bond donors (Lipinski definition) is 3. The van der Waals surface area contributed by atoms with Crippen LogP contribution in [0.2, 0.25) is 0 Å². The van der Waals surface area contributed by atoms with Gasteiger partial charge in [-0.05, 0) is 29.8 Å². The van der Waals surface area contributed by atoms with Gasteiger partial charge in [0.15, 0.2) is 0 Å². The van der Waals surface area contributed by atoms with E-state index in [0.29, 0.717) is 23.7 Å². The van der Waals surface area contributed by atoms with E-state index in [9.17, 15) is 14.7 Å². The summed E-state index contributed by atoms with van der Waals surface area (Å²) in [4.78, 5) is 23.6. The van der Waals surface area contributed by atoms with E-state index in [-0.39, 0.29) is 17.2 Å². The van der Waals surface area contributed by atoms with Gasteiger partial charge >= 0.3 is 0 Å². The van der Waals surface area contributed by atoms with Crippen LogP contribution >= 0.6 is 0 Å². The molecule has 0 heterocycles. The van der Waals surface area contributed by atoms with Crippen molar-refractivity contribution in [1.82, 2.24) is 0 Å². The molecule has 3 aromatic rings. The van der Waals surface area contributed by atoms with E-state index in [4.69, 9.17) is 4.74 Å². The largest absolute Gasteiger partial charge is 0.507 e. The number of anilines is 2. The molecule has 0 bridgehead atoms. The highest BCUT2D eigenvalue weighted by atomic mass is 16.5. The third-order valence-electron chi connectivity index (χ3n) is 4.16. The quantitative estimate of drug-likeness (QED) is 0.564. The van der Waals surface area contributed by atoms with Crippen molar-refractivity contribution in [3.63, 3.8) is 0 Å². The zero-order chi connectivity index (χ0) is 20.6. The van der Waals surface area contributed by atoms with E-state index >= 15 is 0 Å². The Kier molecular flexibility index (Phi) is 6.47. The van der Waals surface area contributed by atoms with Crippen LogP contribution in [0, 0.1) is 0 Å². The van der Waals surface area contributed by atoms with E-state index in [1.165, 1.54) is 24.6 Å². The van der Waals surface area contributed by atoms with Crippen molar-refractivity contribution in [2.75, 3.05) is 17.2 Å². The summed E-state index contributed by atoms with van der Waals surface area (Å²) in [6, 6.07) is 21.5. The average molecular weight is 390 g/mol. The SMILES string of the molecule is CC(=O)Nc1ccc(C(=O)Nc2cccc(OCCc3ccccc3)c2)c(O)c1. The number of carbonyl (C=O) groups excluding carboxylic acids is 2. The third-order valence-corrected chi connectivity index (χ3v) is 4.16. The van der Waals surface area contributed by atoms with Gasteiger partial charge in [0.25, 0.3) is 5.91 Å². The van der Waals surface area contributed by atoms with Gasteiger partial charge in [-0.2, -0.15) is 0 Å². The predicted octanol–water partition coefficient (Wildman–Crippen LogP) is 4.22. The van der Waals surface area contributed by atoms with E-state index in [0.717, 1.165) is 6.42 Å². The normalized spacial score (nSPS) is 10.2. The molecule has 6 nitrogen and oxygen atoms in total. The number of phenols is 1. The summed E-state index contributed by atoms with van der Waals surface area (Å²) in [6.07, 6.45) is 0.784. The fourth-order valence-electron chi connectivity index (χ4n) is 2.80. The number of amides is 2. The van der Waals surface area contributed by atoms with Crippen molar-refractivity contribution in [1.29, 1.82) is 0 Å². The Morgan fingerprint density at radius 2 is 1.66 bits per heavy atom. The summed E-state index contributed by atoms with van der Waals surface area (Å²) in [5, 5.41) is 15.4. The predicted molar refractivity (Wildman–Crippen MR) is 112 cm³/mol. The fraction of sp³-hybridized carbons (Fsp3) is 0.130. The minimum atomic E-state index is -0.460. The number of hydrogen-bond acceptors (Lipinski definition) is 4. The Morgan fingerprint density at radius 3 is 2.38 bits per heavy atom. The first-order valence-corrected chi connectivity index (χ1v) is 9.20. The summed E-state index contributed by atoms with van der Waals surface area (Å²) in [6.45, 7) is 1.89. The lowest BCUT2D eigenvalue weighted by Gasteiger charge is -2.11. The molecule has 0 saturated carbocycles. The van der Waals surface area contributed by atoms with Crippen LogP contribution in [0.3, 0.4) is 0 Å². The maximum absolute atomic E-state index is 12.5. The van der Waals surface area contributed by atoms with Crippen LogP contribution in [0.1, 0.15) is 22.8 Å². The molecule has 0 spiro atoms. The Bertz CT molecular complexity index is 1000. The smallest absolute Gasteiger partial charge is 0.259 e. The standard InChI is InChI=1S/C23H22N2O4/c1-16(26)24-19-10-11-21(22(27)15-19)23(28)25-18-8-5-9-20(14-18)29-13-12-17-6-3-2-4-7-17/h2-11,14-15,27H,12-13H2,1H3,(H,24,26)(H,25,28). The average Bonchev–Trinajstić information content (AvgIpc) is 2.68. The highest BCUT2D eigenvalue weighted by Crippen LogP contribution is 2.24. The van der Waals surface area contributed by atoms with Crippen molar-refractivity contribution in [2.45, 2.75) is 13.3 Å². The van der Waals surface area contributed by atoms with Crippen LogP contribution in [0.25, 0.3) is 0 Å². The zero-order valence-electron chi connectivity index (χ0n) is 16.0. The lowest BCUT2D eigenvalue weighted by molar-refractivity contribution is -0.114. The number of nitrogens with one attached hydrogen (secondary N) is 2. The molecule has 0 aliphatic rings. The number of carbonyl (C=O) groups is 2. The van der Waals surface area contributed by atoms with Crippen molar-refractivity contribution in [2.24, 2.45) is 0 Å². The zero-order valence-corrected chi connectivity index (χ0v) is 16.0. The first-order valence-electron chi connectivity index (χ1n) is 9.20. The Hall–Kier alpha value is -3.80. The van der Waals surface area contributed by atoms with Gasteiger partial charge in [-0.15, -0.1) is 0 Å². The fourth-order valence-corrected chi connectivity index (χ4v) is 2.80. The first-order chi connectivity index (χ1) is 14.0. The molecule has 0 unspecified atom stereocenters. The number of phenolic OH excluding ortho intramolecular Hbond substituents is 1. The molecule has 3 rings (SSSR count). The molecule has 0 atom stereocenters. The molecule has 2 amide bonds. The van der Waals surface area contributed by atoms with E-state index in [1.807, 2.05) is 36.4 Å². The number of aromatic hydroxyl groups is 1. The molecule has 0 saturated heterocycles. The maximum Gasteiger partial charge on any atom is 0.259 e. The van der Waals surface area contributed by atoms with Gasteiger partial charge in [-0.25, -0.2) is 0 Å². The Morgan fingerprint density at radius 1 is 0.897 bits per heavy atom. The number of benzene rings is 3. The van der Waals surface area contributed by atoms with Gasteiger partial charge < -0.3 is 20.5 Å². The van der Waals surface area contributed by atoms with Crippen LogP contribution < -0.4 is 15.4 Å². The van der Waals surface area contributed by atoms with Gasteiger partial charge in [0.05, 0.1) is 12.2 Å². The lowest BCUT2D eigenvalue weighted by Crippen LogP contribution is -2.13. The highest BCUT2D eigenvalue weighted by molar-refractivity contribution is 6.06. The molecule has 148 valence electrons. The van der Waals surface area contributed by atoms with Crippen molar-refractivity contribution >= 4 is 23.2 Å². The molecule has 6 heteroatoms. The number of ether oxygens (including phenoxy) is 1. The van der Waals surface area contributed by atoms with Gasteiger partial charge in [0.1, 0.15) is 11.5 Å². The molecule has 0 aliphatic heterocycles. The molecule has 0 aromatic heterocycles. The van der Waals surface area contributed by atoms with Crippen LogP contribution in [0.15, 0.2) is 72.8 Å². The summed E-state index contributed by atoms with van der Waals surface area (Å²) in [5.74, 6) is -0.294. The van der Waals surface area contributed by atoms with E-state index in [2.05, 4.69) is 10.6 Å².